The summed E-state index contributed by atoms with van der Waals surface area (Å²) in [5, 5.41) is 4.33. The molecule has 6 nitrogen and oxygen atoms in total. The Kier molecular flexibility index (Phi) is 8.66. The van der Waals surface area contributed by atoms with Gasteiger partial charge in [-0.3, -0.25) is 4.79 Å². The van der Waals surface area contributed by atoms with Gasteiger partial charge in [-0.05, 0) is 37.3 Å². The van der Waals surface area contributed by atoms with Crippen LogP contribution in [0.3, 0.4) is 0 Å². The molecule has 7 heteroatoms. The highest BCUT2D eigenvalue weighted by molar-refractivity contribution is 7.92. The van der Waals surface area contributed by atoms with Crippen LogP contribution in [0.2, 0.25) is 0 Å². The molecule has 0 aliphatic carbocycles. The number of benzene rings is 1. The third-order valence-corrected chi connectivity index (χ3v) is 6.58. The predicted octanol–water partition coefficient (Wildman–Crippen LogP) is 1.13. The summed E-state index contributed by atoms with van der Waals surface area (Å²) in [6.45, 7) is 8.97. The Morgan fingerprint density at radius 2 is 1.79 bits per heavy atom. The first kappa shape index (κ1) is 22.6. The van der Waals surface area contributed by atoms with E-state index >= 15 is 0 Å². The van der Waals surface area contributed by atoms with Crippen LogP contribution in [0.5, 0.6) is 0 Å². The molecule has 0 saturated carbocycles. The summed E-state index contributed by atoms with van der Waals surface area (Å²) in [4.78, 5) is 13.4. The molecule has 0 unspecified atom stereocenters. The van der Waals surface area contributed by atoms with E-state index in [1.54, 1.807) is 6.08 Å². The molecule has 28 heavy (non-hydrogen) atoms. The Morgan fingerprint density at radius 1 is 1.14 bits per heavy atom. The molecule has 1 aliphatic rings. The smallest absolute Gasteiger partial charge is 0.275 e. The van der Waals surface area contributed by atoms with Crippen molar-refractivity contribution >= 4 is 22.0 Å². The molecular formula is C21H34N3O3S+. The van der Waals surface area contributed by atoms with E-state index in [-0.39, 0.29) is 11.9 Å². The summed E-state index contributed by atoms with van der Waals surface area (Å²) < 4.78 is 26.5. The molecule has 1 fully saturated rings. The molecule has 0 spiro atoms. The SMILES string of the molecule is CC(C)CC[C@H](C)NC(=O)C[NH+]1CCN(S(=O)(=O)/C=C/c2ccccc2)CC1. The van der Waals surface area contributed by atoms with Crippen molar-refractivity contribution in [1.29, 1.82) is 0 Å². The molecule has 1 aromatic carbocycles. The Morgan fingerprint density at radius 3 is 2.39 bits per heavy atom. The van der Waals surface area contributed by atoms with E-state index in [9.17, 15) is 13.2 Å². The fourth-order valence-corrected chi connectivity index (χ4v) is 4.45. The van der Waals surface area contributed by atoms with Crippen LogP contribution in [-0.2, 0) is 14.8 Å². The molecule has 1 heterocycles. The minimum Gasteiger partial charge on any atom is -0.349 e. The van der Waals surface area contributed by atoms with E-state index in [4.69, 9.17) is 0 Å². The molecule has 1 aliphatic heterocycles. The summed E-state index contributed by atoms with van der Waals surface area (Å²) in [5.74, 6) is 0.683. The van der Waals surface area contributed by atoms with E-state index < -0.39 is 10.0 Å². The first-order valence-corrected chi connectivity index (χ1v) is 11.6. The lowest BCUT2D eigenvalue weighted by atomic mass is 10.0. The lowest BCUT2D eigenvalue weighted by molar-refractivity contribution is -0.895. The number of hydrogen-bond acceptors (Lipinski definition) is 3. The van der Waals surface area contributed by atoms with Gasteiger partial charge in [0.05, 0.1) is 26.2 Å². The Bertz CT molecular complexity index is 739. The number of piperazine rings is 1. The zero-order valence-electron chi connectivity index (χ0n) is 17.2. The van der Waals surface area contributed by atoms with Crippen LogP contribution >= 0.6 is 0 Å². The fraction of sp³-hybridized carbons (Fsp3) is 0.571. The zero-order chi connectivity index (χ0) is 20.6. The highest BCUT2D eigenvalue weighted by Gasteiger charge is 2.28. The minimum absolute atomic E-state index is 0.0477. The Labute approximate surface area is 169 Å². The lowest BCUT2D eigenvalue weighted by Gasteiger charge is -2.30. The second-order valence-electron chi connectivity index (χ2n) is 8.02. The molecule has 0 radical (unpaired) electrons. The summed E-state index contributed by atoms with van der Waals surface area (Å²) in [5.41, 5.74) is 0.860. The number of carbonyl (C=O) groups is 1. The van der Waals surface area contributed by atoms with Crippen LogP contribution in [-0.4, -0.2) is 57.4 Å². The van der Waals surface area contributed by atoms with E-state index in [1.165, 1.54) is 9.71 Å². The maximum atomic E-state index is 12.5. The van der Waals surface area contributed by atoms with E-state index in [0.29, 0.717) is 38.6 Å². The van der Waals surface area contributed by atoms with Crippen molar-refractivity contribution in [3.8, 4) is 0 Å². The average Bonchev–Trinajstić information content (AvgIpc) is 2.66. The van der Waals surface area contributed by atoms with Crippen LogP contribution in [0.15, 0.2) is 35.7 Å². The Hall–Kier alpha value is -1.70. The number of nitrogens with zero attached hydrogens (tertiary/aromatic N) is 1. The van der Waals surface area contributed by atoms with Gasteiger partial charge in [0.25, 0.3) is 5.91 Å². The van der Waals surface area contributed by atoms with Crippen LogP contribution in [0.4, 0.5) is 0 Å². The van der Waals surface area contributed by atoms with Crippen molar-refractivity contribution in [2.45, 2.75) is 39.7 Å². The maximum absolute atomic E-state index is 12.5. The topological polar surface area (TPSA) is 70.9 Å². The van der Waals surface area contributed by atoms with Gasteiger partial charge < -0.3 is 10.2 Å². The van der Waals surface area contributed by atoms with Gasteiger partial charge in [0, 0.05) is 11.4 Å². The number of hydrogen-bond donors (Lipinski definition) is 2. The van der Waals surface area contributed by atoms with Gasteiger partial charge >= 0.3 is 0 Å². The summed E-state index contributed by atoms with van der Waals surface area (Å²) in [6.07, 6.45) is 3.71. The standard InChI is InChI=1S/C21H33N3O3S/c1-18(2)9-10-19(3)22-21(25)17-23-12-14-24(15-13-23)28(26,27)16-11-20-7-5-4-6-8-20/h4-8,11,16,18-19H,9-10,12-15,17H2,1-3H3,(H,22,25)/p+1/b16-11+/t19-/m0/s1. The van der Waals surface area contributed by atoms with E-state index in [0.717, 1.165) is 23.3 Å². The monoisotopic (exact) mass is 408 g/mol. The largest absolute Gasteiger partial charge is 0.349 e. The van der Waals surface area contributed by atoms with Crippen molar-refractivity contribution in [1.82, 2.24) is 9.62 Å². The zero-order valence-corrected chi connectivity index (χ0v) is 18.0. The van der Waals surface area contributed by atoms with Crippen molar-refractivity contribution in [3.63, 3.8) is 0 Å². The average molecular weight is 409 g/mol. The first-order valence-electron chi connectivity index (χ1n) is 10.1. The first-order chi connectivity index (χ1) is 13.3. The molecule has 1 amide bonds. The van der Waals surface area contributed by atoms with Gasteiger partial charge in [0.15, 0.2) is 6.54 Å². The molecule has 156 valence electrons. The second kappa shape index (κ2) is 10.7. The highest BCUT2D eigenvalue weighted by Crippen LogP contribution is 2.08. The highest BCUT2D eigenvalue weighted by atomic mass is 32.2. The summed E-state index contributed by atoms with van der Waals surface area (Å²) >= 11 is 0. The number of nitrogens with one attached hydrogen (secondary N) is 2. The second-order valence-corrected chi connectivity index (χ2v) is 9.84. The van der Waals surface area contributed by atoms with Crippen LogP contribution in [0.1, 0.15) is 39.2 Å². The molecule has 1 atom stereocenters. The van der Waals surface area contributed by atoms with Gasteiger partial charge in [-0.1, -0.05) is 44.2 Å². The fourth-order valence-electron chi connectivity index (χ4n) is 3.26. The number of quaternary nitrogens is 1. The van der Waals surface area contributed by atoms with E-state index in [2.05, 4.69) is 19.2 Å². The minimum atomic E-state index is -3.43. The number of sulfonamides is 1. The van der Waals surface area contributed by atoms with Crippen molar-refractivity contribution in [2.24, 2.45) is 5.92 Å². The van der Waals surface area contributed by atoms with Gasteiger partial charge in [-0.15, -0.1) is 0 Å². The van der Waals surface area contributed by atoms with Gasteiger partial charge in [0.1, 0.15) is 0 Å². The lowest BCUT2D eigenvalue weighted by Crippen LogP contribution is -3.15. The third kappa shape index (κ3) is 7.73. The number of amides is 1. The van der Waals surface area contributed by atoms with Gasteiger partial charge in [-0.25, -0.2) is 8.42 Å². The number of rotatable bonds is 9. The van der Waals surface area contributed by atoms with Crippen molar-refractivity contribution < 1.29 is 18.1 Å². The molecule has 1 aromatic rings. The van der Waals surface area contributed by atoms with Gasteiger partial charge in [0.2, 0.25) is 10.0 Å². The van der Waals surface area contributed by atoms with Crippen LogP contribution < -0.4 is 10.2 Å². The van der Waals surface area contributed by atoms with Crippen molar-refractivity contribution in [3.05, 3.63) is 41.3 Å². The van der Waals surface area contributed by atoms with Crippen LogP contribution in [0, 0.1) is 5.92 Å². The van der Waals surface area contributed by atoms with Crippen LogP contribution in [0.25, 0.3) is 6.08 Å². The molecule has 2 rings (SSSR count). The molecule has 1 saturated heterocycles. The van der Waals surface area contributed by atoms with E-state index in [1.807, 2.05) is 37.3 Å². The molecular weight excluding hydrogens is 374 g/mol. The van der Waals surface area contributed by atoms with Crippen molar-refractivity contribution in [2.75, 3.05) is 32.7 Å². The summed E-state index contributed by atoms with van der Waals surface area (Å²) in [7, 11) is -3.43. The molecule has 2 N–H and O–H groups in total. The quantitative estimate of drug-likeness (QED) is 0.644. The summed E-state index contributed by atoms with van der Waals surface area (Å²) in [6, 6.07) is 9.57. The normalized spacial score (nSPS) is 17.9. The predicted molar refractivity (Wildman–Crippen MR) is 113 cm³/mol. The molecule has 0 aromatic heterocycles. The third-order valence-electron chi connectivity index (χ3n) is 5.02. The Balaban J connectivity index is 1.77. The van der Waals surface area contributed by atoms with Gasteiger partial charge in [-0.2, -0.15) is 4.31 Å². The molecule has 0 bridgehead atoms. The number of carbonyl (C=O) groups excluding carboxylic acids is 1. The maximum Gasteiger partial charge on any atom is 0.275 e.